The number of hydrogen-bond donors (Lipinski definition) is 1. The van der Waals surface area contributed by atoms with Crippen molar-refractivity contribution in [1.82, 2.24) is 9.88 Å². The number of piperidine rings is 1. The summed E-state index contributed by atoms with van der Waals surface area (Å²) < 4.78 is 0. The molecule has 1 unspecified atom stereocenters. The largest absolute Gasteiger partial charge is 0.303 e. The van der Waals surface area contributed by atoms with E-state index < -0.39 is 0 Å². The molecule has 17 heavy (non-hydrogen) atoms. The van der Waals surface area contributed by atoms with Crippen LogP contribution < -0.4 is 0 Å². The van der Waals surface area contributed by atoms with E-state index in [0.717, 1.165) is 18.1 Å². The summed E-state index contributed by atoms with van der Waals surface area (Å²) in [7, 11) is 0. The minimum Gasteiger partial charge on any atom is -0.303 e. The highest BCUT2D eigenvalue weighted by Gasteiger charge is 2.16. The smallest absolute Gasteiger partial charge is 0.0944 e. The van der Waals surface area contributed by atoms with Crippen LogP contribution in [0, 0.1) is 12.8 Å². The zero-order valence-corrected chi connectivity index (χ0v) is 12.5. The Morgan fingerprint density at radius 2 is 2.35 bits per heavy atom. The van der Waals surface area contributed by atoms with Gasteiger partial charge >= 0.3 is 0 Å². The average molecular weight is 270 g/mol. The van der Waals surface area contributed by atoms with Crippen molar-refractivity contribution in [3.05, 3.63) is 15.6 Å². The average Bonchev–Trinajstić information content (AvgIpc) is 2.67. The Kier molecular flexibility index (Phi) is 4.88. The van der Waals surface area contributed by atoms with Gasteiger partial charge in [-0.3, -0.25) is 0 Å². The Morgan fingerprint density at radius 1 is 1.53 bits per heavy atom. The van der Waals surface area contributed by atoms with Crippen LogP contribution in [0.15, 0.2) is 0 Å². The summed E-state index contributed by atoms with van der Waals surface area (Å²) in [6.45, 7) is 8.16. The first-order chi connectivity index (χ1) is 8.19. The molecule has 96 valence electrons. The molecule has 1 saturated heterocycles. The van der Waals surface area contributed by atoms with Gasteiger partial charge in [-0.05, 0) is 32.2 Å². The van der Waals surface area contributed by atoms with E-state index in [1.807, 2.05) is 11.3 Å². The van der Waals surface area contributed by atoms with E-state index >= 15 is 0 Å². The van der Waals surface area contributed by atoms with Gasteiger partial charge in [0.2, 0.25) is 0 Å². The van der Waals surface area contributed by atoms with Gasteiger partial charge in [0.05, 0.1) is 10.7 Å². The zero-order chi connectivity index (χ0) is 12.3. The zero-order valence-electron chi connectivity index (χ0n) is 10.8. The Morgan fingerprint density at radius 3 is 3.00 bits per heavy atom. The number of hydrogen-bond acceptors (Lipinski definition) is 4. The van der Waals surface area contributed by atoms with E-state index in [-0.39, 0.29) is 0 Å². The van der Waals surface area contributed by atoms with E-state index in [1.165, 1.54) is 48.1 Å². The number of aromatic nitrogens is 1. The Hall–Kier alpha value is -0.0600. The molecule has 2 heterocycles. The minimum absolute atomic E-state index is 0.824. The Balaban J connectivity index is 1.84. The van der Waals surface area contributed by atoms with Gasteiger partial charge < -0.3 is 4.90 Å². The minimum atomic E-state index is 0.824. The van der Waals surface area contributed by atoms with Crippen LogP contribution in [0.3, 0.4) is 0 Å². The Bertz CT molecular complexity index is 362. The van der Waals surface area contributed by atoms with Gasteiger partial charge in [-0.2, -0.15) is 12.6 Å². The molecule has 2 nitrogen and oxygen atoms in total. The molecule has 1 aromatic heterocycles. The van der Waals surface area contributed by atoms with Gasteiger partial charge in [-0.25, -0.2) is 4.98 Å². The van der Waals surface area contributed by atoms with E-state index in [0.29, 0.717) is 0 Å². The molecule has 4 heteroatoms. The van der Waals surface area contributed by atoms with Crippen molar-refractivity contribution >= 4 is 24.0 Å². The van der Waals surface area contributed by atoms with Gasteiger partial charge in [-0.15, -0.1) is 11.3 Å². The fourth-order valence-electron chi connectivity index (χ4n) is 2.49. The third kappa shape index (κ3) is 3.70. The highest BCUT2D eigenvalue weighted by atomic mass is 32.1. The molecule has 2 rings (SSSR count). The van der Waals surface area contributed by atoms with Crippen LogP contribution in [-0.4, -0.2) is 29.5 Å². The Labute approximate surface area is 114 Å². The van der Waals surface area contributed by atoms with Crippen LogP contribution in [0.2, 0.25) is 0 Å². The second-order valence-electron chi connectivity index (χ2n) is 5.07. The second kappa shape index (κ2) is 6.21. The SMILES string of the molecule is Cc1nc(CCN2CCCC(C)C2)sc1CS. The highest BCUT2D eigenvalue weighted by molar-refractivity contribution is 7.79. The van der Waals surface area contributed by atoms with Crippen molar-refractivity contribution in [2.45, 2.75) is 38.9 Å². The number of nitrogens with zero attached hydrogens (tertiary/aromatic N) is 2. The molecule has 0 spiro atoms. The molecule has 0 N–H and O–H groups in total. The fraction of sp³-hybridized carbons (Fsp3) is 0.769. The lowest BCUT2D eigenvalue weighted by molar-refractivity contribution is 0.186. The third-order valence-corrected chi connectivity index (χ3v) is 5.21. The predicted molar refractivity (Wildman–Crippen MR) is 78.1 cm³/mol. The molecule has 0 bridgehead atoms. The van der Waals surface area contributed by atoms with Crippen LogP contribution in [0.4, 0.5) is 0 Å². The van der Waals surface area contributed by atoms with Gasteiger partial charge in [0, 0.05) is 30.1 Å². The van der Waals surface area contributed by atoms with Crippen LogP contribution in [-0.2, 0) is 12.2 Å². The molecule has 1 aromatic rings. The van der Waals surface area contributed by atoms with Gasteiger partial charge in [0.25, 0.3) is 0 Å². The molecule has 1 atom stereocenters. The molecule has 1 aliphatic heterocycles. The van der Waals surface area contributed by atoms with E-state index in [4.69, 9.17) is 0 Å². The summed E-state index contributed by atoms with van der Waals surface area (Å²) in [5, 5.41) is 1.28. The van der Waals surface area contributed by atoms with Crippen LogP contribution in [0.25, 0.3) is 0 Å². The lowest BCUT2D eigenvalue weighted by atomic mass is 10.0. The van der Waals surface area contributed by atoms with Crippen LogP contribution >= 0.6 is 24.0 Å². The van der Waals surface area contributed by atoms with Crippen molar-refractivity contribution in [3.63, 3.8) is 0 Å². The second-order valence-corrected chi connectivity index (χ2v) is 6.56. The summed E-state index contributed by atoms with van der Waals surface area (Å²) in [4.78, 5) is 8.55. The van der Waals surface area contributed by atoms with Crippen molar-refractivity contribution in [2.24, 2.45) is 5.92 Å². The molecular formula is C13H22N2S2. The quantitative estimate of drug-likeness (QED) is 0.846. The van der Waals surface area contributed by atoms with Crippen molar-refractivity contribution < 1.29 is 0 Å². The highest BCUT2D eigenvalue weighted by Crippen LogP contribution is 2.21. The molecule has 0 radical (unpaired) electrons. The number of aryl methyl sites for hydroxylation is 1. The van der Waals surface area contributed by atoms with E-state index in [9.17, 15) is 0 Å². The molecule has 0 amide bonds. The summed E-state index contributed by atoms with van der Waals surface area (Å²) in [5.74, 6) is 1.69. The van der Waals surface area contributed by atoms with Crippen molar-refractivity contribution in [1.29, 1.82) is 0 Å². The summed E-state index contributed by atoms with van der Waals surface area (Å²) >= 11 is 6.17. The lowest BCUT2D eigenvalue weighted by Gasteiger charge is -2.30. The molecule has 0 saturated carbocycles. The maximum atomic E-state index is 4.63. The molecule has 1 fully saturated rings. The number of rotatable bonds is 4. The van der Waals surface area contributed by atoms with Gasteiger partial charge in [0.15, 0.2) is 0 Å². The maximum Gasteiger partial charge on any atom is 0.0944 e. The standard InChI is InChI=1S/C13H22N2S2/c1-10-4-3-6-15(8-10)7-5-13-14-11(2)12(9-16)17-13/h10,16H,3-9H2,1-2H3. The monoisotopic (exact) mass is 270 g/mol. The van der Waals surface area contributed by atoms with Crippen LogP contribution in [0.5, 0.6) is 0 Å². The summed E-state index contributed by atoms with van der Waals surface area (Å²) in [6.07, 6.45) is 3.86. The first-order valence-corrected chi connectivity index (χ1v) is 7.92. The van der Waals surface area contributed by atoms with Crippen molar-refractivity contribution in [3.8, 4) is 0 Å². The fourth-order valence-corrected chi connectivity index (χ4v) is 3.83. The normalized spacial score (nSPS) is 21.9. The first-order valence-electron chi connectivity index (χ1n) is 6.47. The third-order valence-electron chi connectivity index (χ3n) is 3.46. The topological polar surface area (TPSA) is 16.1 Å². The maximum absolute atomic E-state index is 4.63. The number of thiazole rings is 1. The molecule has 1 aliphatic rings. The first kappa shape index (κ1) is 13.4. The van der Waals surface area contributed by atoms with E-state index in [2.05, 4.69) is 36.4 Å². The number of likely N-dealkylation sites (tertiary alicyclic amines) is 1. The summed E-state index contributed by atoms with van der Waals surface area (Å²) in [5.41, 5.74) is 1.17. The van der Waals surface area contributed by atoms with Gasteiger partial charge in [0.1, 0.15) is 0 Å². The molecule has 0 aliphatic carbocycles. The lowest BCUT2D eigenvalue weighted by Crippen LogP contribution is -2.35. The van der Waals surface area contributed by atoms with Crippen molar-refractivity contribution in [2.75, 3.05) is 19.6 Å². The number of thiol groups is 1. The molecule has 0 aromatic carbocycles. The van der Waals surface area contributed by atoms with Gasteiger partial charge in [-0.1, -0.05) is 6.92 Å². The van der Waals surface area contributed by atoms with Crippen LogP contribution in [0.1, 0.15) is 35.3 Å². The predicted octanol–water partition coefficient (Wildman–Crippen LogP) is 3.16. The molecular weight excluding hydrogens is 248 g/mol. The van der Waals surface area contributed by atoms with E-state index in [1.54, 1.807) is 0 Å². The summed E-state index contributed by atoms with van der Waals surface area (Å²) in [6, 6.07) is 0.